The molecular formula is C33H40N4O4. The number of fused-ring (bicyclic) bond motifs is 1. The number of amides is 3. The highest BCUT2D eigenvalue weighted by molar-refractivity contribution is 6.00. The van der Waals surface area contributed by atoms with Crippen LogP contribution < -0.4 is 10.6 Å². The van der Waals surface area contributed by atoms with E-state index in [1.807, 2.05) is 88.4 Å². The van der Waals surface area contributed by atoms with Crippen LogP contribution in [0.15, 0.2) is 60.7 Å². The number of ether oxygens (including phenoxy) is 1. The van der Waals surface area contributed by atoms with Gasteiger partial charge in [0.2, 0.25) is 5.91 Å². The van der Waals surface area contributed by atoms with Gasteiger partial charge in [0.1, 0.15) is 24.2 Å². The van der Waals surface area contributed by atoms with E-state index in [0.717, 1.165) is 21.9 Å². The molecule has 3 atom stereocenters. The van der Waals surface area contributed by atoms with Crippen LogP contribution in [0.5, 0.6) is 0 Å². The van der Waals surface area contributed by atoms with Gasteiger partial charge in [0.25, 0.3) is 5.91 Å². The molecule has 216 valence electrons. The maximum Gasteiger partial charge on any atom is 0.408 e. The Kier molecular flexibility index (Phi) is 10.1. The van der Waals surface area contributed by atoms with Crippen LogP contribution in [0.3, 0.4) is 0 Å². The van der Waals surface area contributed by atoms with Gasteiger partial charge in [0, 0.05) is 5.69 Å². The standard InChI is InChI=1S/C33H40N4O4/c1-8-22(3)28(36-32(40)41-33(5,6)7)31(39)37(18-17-34)29(27-16-13-21(2)19-23(27)4)30(38)35-26-15-14-24-11-9-10-12-25(24)20-26/h9-16,19-20,22,28-29H,8,18H2,1-7H3,(H,35,38)(H,36,40). The second-order valence-corrected chi connectivity index (χ2v) is 11.4. The minimum absolute atomic E-state index is 0.292. The second-order valence-electron chi connectivity index (χ2n) is 11.4. The van der Waals surface area contributed by atoms with Crippen LogP contribution in [0.2, 0.25) is 0 Å². The zero-order chi connectivity index (χ0) is 30.3. The molecule has 0 saturated heterocycles. The summed E-state index contributed by atoms with van der Waals surface area (Å²) >= 11 is 0. The fourth-order valence-electron chi connectivity index (χ4n) is 4.73. The normalized spacial score (nSPS) is 13.4. The van der Waals surface area contributed by atoms with E-state index in [-0.39, 0.29) is 12.5 Å². The molecule has 0 spiro atoms. The predicted octanol–water partition coefficient (Wildman–Crippen LogP) is 6.43. The third-order valence-corrected chi connectivity index (χ3v) is 6.97. The first-order chi connectivity index (χ1) is 19.3. The highest BCUT2D eigenvalue weighted by atomic mass is 16.6. The zero-order valence-electron chi connectivity index (χ0n) is 24.9. The Bertz CT molecular complexity index is 1450. The number of anilines is 1. The SMILES string of the molecule is CCC(C)C(NC(=O)OC(C)(C)C)C(=O)N(CC#N)C(C(=O)Nc1ccc2ccccc2c1)c1ccc(C)cc1C. The van der Waals surface area contributed by atoms with Gasteiger partial charge in [-0.1, -0.05) is 74.4 Å². The number of hydrogen-bond acceptors (Lipinski definition) is 5. The average molecular weight is 557 g/mol. The third-order valence-electron chi connectivity index (χ3n) is 6.97. The van der Waals surface area contributed by atoms with Crippen molar-refractivity contribution < 1.29 is 19.1 Å². The van der Waals surface area contributed by atoms with E-state index in [9.17, 15) is 19.6 Å². The lowest BCUT2D eigenvalue weighted by atomic mass is 9.93. The van der Waals surface area contributed by atoms with Gasteiger partial charge in [-0.15, -0.1) is 0 Å². The molecule has 0 fully saturated rings. The van der Waals surface area contributed by atoms with Crippen LogP contribution in [-0.2, 0) is 14.3 Å². The summed E-state index contributed by atoms with van der Waals surface area (Å²) in [6.07, 6.45) is -0.166. The van der Waals surface area contributed by atoms with Gasteiger partial charge >= 0.3 is 6.09 Å². The van der Waals surface area contributed by atoms with Gasteiger partial charge in [0.15, 0.2) is 0 Å². The number of carbonyl (C=O) groups is 3. The smallest absolute Gasteiger partial charge is 0.408 e. The summed E-state index contributed by atoms with van der Waals surface area (Å²) in [4.78, 5) is 42.2. The summed E-state index contributed by atoms with van der Waals surface area (Å²) < 4.78 is 5.43. The largest absolute Gasteiger partial charge is 0.444 e. The molecule has 0 aliphatic heterocycles. The first-order valence-electron chi connectivity index (χ1n) is 13.9. The van der Waals surface area contributed by atoms with Gasteiger partial charge < -0.3 is 20.3 Å². The van der Waals surface area contributed by atoms with Crippen molar-refractivity contribution in [2.75, 3.05) is 11.9 Å². The summed E-state index contributed by atoms with van der Waals surface area (Å²) in [5.74, 6) is -1.29. The Hall–Kier alpha value is -4.38. The van der Waals surface area contributed by atoms with E-state index >= 15 is 0 Å². The topological polar surface area (TPSA) is 112 Å². The molecule has 0 aliphatic rings. The summed E-state index contributed by atoms with van der Waals surface area (Å²) in [5.41, 5.74) is 2.21. The van der Waals surface area contributed by atoms with Crippen LogP contribution in [0, 0.1) is 31.1 Å². The van der Waals surface area contributed by atoms with Crippen LogP contribution >= 0.6 is 0 Å². The van der Waals surface area contributed by atoms with Gasteiger partial charge in [0.05, 0.1) is 6.07 Å². The van der Waals surface area contributed by atoms with Crippen molar-refractivity contribution in [1.29, 1.82) is 5.26 Å². The van der Waals surface area contributed by atoms with Crippen molar-refractivity contribution in [2.45, 2.75) is 72.6 Å². The number of benzene rings is 3. The lowest BCUT2D eigenvalue weighted by Crippen LogP contribution is -2.54. The van der Waals surface area contributed by atoms with Crippen LogP contribution in [-0.4, -0.2) is 41.0 Å². The van der Waals surface area contributed by atoms with E-state index in [4.69, 9.17) is 4.74 Å². The van der Waals surface area contributed by atoms with Crippen molar-refractivity contribution in [3.8, 4) is 6.07 Å². The van der Waals surface area contributed by atoms with E-state index in [2.05, 4.69) is 16.7 Å². The van der Waals surface area contributed by atoms with Crippen molar-refractivity contribution >= 4 is 34.4 Å². The third kappa shape index (κ3) is 8.07. The van der Waals surface area contributed by atoms with Gasteiger partial charge in [-0.25, -0.2) is 4.79 Å². The first-order valence-corrected chi connectivity index (χ1v) is 13.9. The number of carbonyl (C=O) groups excluding carboxylic acids is 3. The Morgan fingerprint density at radius 2 is 1.68 bits per heavy atom. The van der Waals surface area contributed by atoms with Crippen LogP contribution in [0.25, 0.3) is 10.8 Å². The van der Waals surface area contributed by atoms with Gasteiger partial charge in [-0.05, 0) is 74.6 Å². The predicted molar refractivity (Wildman–Crippen MR) is 161 cm³/mol. The second kappa shape index (κ2) is 13.3. The monoisotopic (exact) mass is 556 g/mol. The molecule has 41 heavy (non-hydrogen) atoms. The minimum atomic E-state index is -1.12. The van der Waals surface area contributed by atoms with Crippen LogP contribution in [0.1, 0.15) is 63.8 Å². The fourth-order valence-corrected chi connectivity index (χ4v) is 4.73. The number of nitrogens with one attached hydrogen (secondary N) is 2. The summed E-state index contributed by atoms with van der Waals surface area (Å²) in [5, 5.41) is 17.5. The molecule has 3 rings (SSSR count). The first kappa shape index (κ1) is 31.2. The molecule has 3 aromatic carbocycles. The van der Waals surface area contributed by atoms with Crippen LogP contribution in [0.4, 0.5) is 10.5 Å². The fraction of sp³-hybridized carbons (Fsp3) is 0.394. The molecule has 0 saturated carbocycles. The highest BCUT2D eigenvalue weighted by Crippen LogP contribution is 2.29. The Labute approximate surface area is 242 Å². The van der Waals surface area contributed by atoms with Crippen molar-refractivity contribution in [2.24, 2.45) is 5.92 Å². The van der Waals surface area contributed by atoms with E-state index in [1.54, 1.807) is 20.8 Å². The maximum absolute atomic E-state index is 14.2. The molecule has 0 heterocycles. The number of nitrogens with zero attached hydrogens (tertiary/aromatic N) is 2. The highest BCUT2D eigenvalue weighted by Gasteiger charge is 2.38. The van der Waals surface area contributed by atoms with E-state index in [0.29, 0.717) is 17.7 Å². The Balaban J connectivity index is 2.06. The number of hydrogen-bond donors (Lipinski definition) is 2. The summed E-state index contributed by atoms with van der Waals surface area (Å²) in [6, 6.07) is 18.9. The Morgan fingerprint density at radius 3 is 2.29 bits per heavy atom. The minimum Gasteiger partial charge on any atom is -0.444 e. The van der Waals surface area contributed by atoms with Gasteiger partial charge in [-0.3, -0.25) is 9.59 Å². The molecule has 0 aliphatic carbocycles. The molecular weight excluding hydrogens is 516 g/mol. The van der Waals surface area contributed by atoms with Crippen molar-refractivity contribution in [1.82, 2.24) is 10.2 Å². The number of nitriles is 1. The molecule has 8 nitrogen and oxygen atoms in total. The maximum atomic E-state index is 14.2. The molecule has 2 N–H and O–H groups in total. The number of rotatable bonds is 9. The zero-order valence-corrected chi connectivity index (χ0v) is 24.9. The summed E-state index contributed by atoms with van der Waals surface area (Å²) in [7, 11) is 0. The lowest BCUT2D eigenvalue weighted by molar-refractivity contribution is -0.141. The molecule has 8 heteroatoms. The molecule has 3 amide bonds. The summed E-state index contributed by atoms with van der Waals surface area (Å²) in [6.45, 7) is 12.4. The molecule has 0 bridgehead atoms. The molecule has 0 aromatic heterocycles. The quantitative estimate of drug-likeness (QED) is 0.295. The van der Waals surface area contributed by atoms with Gasteiger partial charge in [-0.2, -0.15) is 5.26 Å². The lowest BCUT2D eigenvalue weighted by Gasteiger charge is -2.35. The number of alkyl carbamates (subject to hydrolysis) is 1. The van der Waals surface area contributed by atoms with Crippen molar-refractivity contribution in [3.63, 3.8) is 0 Å². The average Bonchev–Trinajstić information content (AvgIpc) is 2.90. The van der Waals surface area contributed by atoms with Crippen molar-refractivity contribution in [3.05, 3.63) is 77.4 Å². The molecule has 3 unspecified atom stereocenters. The Morgan fingerprint density at radius 1 is 1.00 bits per heavy atom. The van der Waals surface area contributed by atoms with E-state index < -0.39 is 35.6 Å². The molecule has 0 radical (unpaired) electrons. The molecule has 3 aromatic rings. The number of aryl methyl sites for hydroxylation is 2. The van der Waals surface area contributed by atoms with E-state index in [1.165, 1.54) is 4.90 Å².